The zero-order valence-electron chi connectivity index (χ0n) is 31.4. The van der Waals surface area contributed by atoms with E-state index in [9.17, 15) is 50.7 Å². The van der Waals surface area contributed by atoms with E-state index < -0.39 is 64.2 Å². The van der Waals surface area contributed by atoms with Crippen LogP contribution < -0.4 is 16.0 Å². The summed E-state index contributed by atoms with van der Waals surface area (Å²) in [6.45, 7) is 24.3. The average Bonchev–Trinajstić information content (AvgIpc) is 3.13. The summed E-state index contributed by atoms with van der Waals surface area (Å²) in [6, 6.07) is 0. The van der Waals surface area contributed by atoms with Crippen LogP contribution in [0.15, 0.2) is 58.8 Å². The molecule has 0 radical (unpaired) electrons. The number of hydrogen-bond donors (Lipinski definition) is 3. The maximum Gasteiger partial charge on any atom is 0.264 e. The van der Waals surface area contributed by atoms with Gasteiger partial charge in [-0.05, 0) is 163 Å². The van der Waals surface area contributed by atoms with Gasteiger partial charge in [0.2, 0.25) is 5.82 Å². The highest BCUT2D eigenvalue weighted by Crippen LogP contribution is 2.44. The van der Waals surface area contributed by atoms with Crippen molar-refractivity contribution in [3.05, 3.63) is 132 Å². The van der Waals surface area contributed by atoms with E-state index in [0.717, 1.165) is 26.7 Å². The molecule has 0 aliphatic carbocycles. The molecule has 0 aliphatic heterocycles. The third-order valence-corrected chi connectivity index (χ3v) is 14.0. The fourth-order valence-corrected chi connectivity index (χ4v) is 7.67. The van der Waals surface area contributed by atoms with E-state index >= 15 is 0 Å². The normalized spacial score (nSPS) is 10.2. The smallest absolute Gasteiger partial charge is 0.264 e. The van der Waals surface area contributed by atoms with Crippen LogP contribution in [-0.4, -0.2) is 35.4 Å². The maximum atomic E-state index is 13.2. The highest BCUT2D eigenvalue weighted by atomic mass is 79.9. The number of hydrogen-bond acceptors (Lipinski definition) is 6. The van der Waals surface area contributed by atoms with Gasteiger partial charge in [-0.3, -0.25) is 44.7 Å². The lowest BCUT2D eigenvalue weighted by Crippen LogP contribution is -2.33. The lowest BCUT2D eigenvalue weighted by molar-refractivity contribution is -0.117. The van der Waals surface area contributed by atoms with Crippen LogP contribution in [0.1, 0.15) is 79.7 Å². The van der Waals surface area contributed by atoms with Gasteiger partial charge in [-0.15, -0.1) is 0 Å². The second kappa shape index (κ2) is 21.4. The van der Waals surface area contributed by atoms with E-state index in [2.05, 4.69) is 110 Å². The number of carbonyl (C=O) groups is 6. The quantitative estimate of drug-likeness (QED) is 0.0973. The highest BCUT2D eigenvalue weighted by Gasteiger charge is 2.30. The maximum absolute atomic E-state index is 13.2. The molecule has 0 unspecified atom stereocenters. The van der Waals surface area contributed by atoms with Crippen molar-refractivity contribution < 1.29 is 50.7 Å². The van der Waals surface area contributed by atoms with E-state index in [1.165, 1.54) is 24.7 Å². The van der Waals surface area contributed by atoms with Gasteiger partial charge in [-0.2, -0.15) is 0 Å². The van der Waals surface area contributed by atoms with Crippen molar-refractivity contribution in [2.24, 2.45) is 0 Å². The van der Waals surface area contributed by atoms with E-state index in [-0.39, 0.29) is 17.1 Å². The number of imide groups is 3. The average molecular weight is 1120 g/mol. The van der Waals surface area contributed by atoms with Gasteiger partial charge in [0.05, 0.1) is 5.56 Å². The fourth-order valence-electron chi connectivity index (χ4n) is 4.27. The molecule has 0 heterocycles. The second-order valence-electron chi connectivity index (χ2n) is 12.1. The zero-order valence-corrected chi connectivity index (χ0v) is 39.3. The molecule has 3 rings (SSSR count). The molecule has 0 fully saturated rings. The number of halogens is 10. The van der Waals surface area contributed by atoms with Crippen LogP contribution in [0.2, 0.25) is 0 Å². The number of amides is 6. The van der Waals surface area contributed by atoms with E-state index in [1.54, 1.807) is 6.92 Å². The summed E-state index contributed by atoms with van der Waals surface area (Å²) in [5.41, 5.74) is 4.79. The molecule has 9 nitrogen and oxygen atoms in total. The first-order valence-corrected chi connectivity index (χ1v) is 19.6. The molecule has 0 spiro atoms. The Balaban J connectivity index is 0.000000427. The number of benzene rings is 3. The Hall–Kier alpha value is -3.65. The third kappa shape index (κ3) is 12.2. The van der Waals surface area contributed by atoms with Gasteiger partial charge in [0.25, 0.3) is 35.4 Å². The molecular formula is C38H33Br5F5N3O6. The minimum absolute atomic E-state index is 0.183. The molecule has 19 heteroatoms. The Kier molecular flexibility index (Phi) is 19.3. The van der Waals surface area contributed by atoms with E-state index in [1.807, 2.05) is 34.6 Å². The largest absolute Gasteiger partial charge is 0.288 e. The summed E-state index contributed by atoms with van der Waals surface area (Å²) >= 11 is 16.7. The molecule has 3 aromatic carbocycles. The first kappa shape index (κ1) is 51.4. The van der Waals surface area contributed by atoms with Gasteiger partial charge in [-0.25, -0.2) is 22.0 Å². The molecule has 3 N–H and O–H groups in total. The molecular weight excluding hydrogens is 1090 g/mol. The molecule has 57 heavy (non-hydrogen) atoms. The van der Waals surface area contributed by atoms with E-state index in [4.69, 9.17) is 0 Å². The Labute approximate surface area is 367 Å². The Morgan fingerprint density at radius 2 is 0.614 bits per heavy atom. The number of nitrogens with one attached hydrogen (secondary N) is 3. The van der Waals surface area contributed by atoms with Gasteiger partial charge in [-0.1, -0.05) is 19.7 Å². The van der Waals surface area contributed by atoms with Crippen molar-refractivity contribution in [2.75, 3.05) is 0 Å². The SMILES string of the molecule is C=C(C)C(=O)NC(=O)c1c(Br)c(Br)c(Br)c(Br)c1Br.C=C(C)C(=O)NC(=O)c1c(C)c(C)c(C)c(C)c1C.C=C(C)C(=O)NC(=O)c1c(F)c(F)c(F)c(F)c1F. The molecule has 0 aliphatic rings. The van der Waals surface area contributed by atoms with Gasteiger partial charge in [0.15, 0.2) is 23.3 Å². The van der Waals surface area contributed by atoms with Crippen molar-refractivity contribution in [3.63, 3.8) is 0 Å². The Morgan fingerprint density at radius 3 is 0.912 bits per heavy atom. The van der Waals surface area contributed by atoms with Crippen LogP contribution in [0.5, 0.6) is 0 Å². The minimum atomic E-state index is -2.39. The van der Waals surface area contributed by atoms with Gasteiger partial charge in [0.1, 0.15) is 5.56 Å². The number of carbonyl (C=O) groups excluding carboxylic acids is 6. The van der Waals surface area contributed by atoms with E-state index in [0.29, 0.717) is 34.6 Å². The van der Waals surface area contributed by atoms with Crippen molar-refractivity contribution in [1.29, 1.82) is 0 Å². The topological polar surface area (TPSA) is 139 Å². The third-order valence-electron chi connectivity index (χ3n) is 7.94. The summed E-state index contributed by atoms with van der Waals surface area (Å²) in [7, 11) is 0. The first-order valence-electron chi connectivity index (χ1n) is 15.7. The molecule has 306 valence electrons. The summed E-state index contributed by atoms with van der Waals surface area (Å²) < 4.78 is 67.8. The molecule has 0 atom stereocenters. The van der Waals surface area contributed by atoms with Crippen LogP contribution in [0.4, 0.5) is 22.0 Å². The van der Waals surface area contributed by atoms with Crippen LogP contribution in [-0.2, 0) is 14.4 Å². The van der Waals surface area contributed by atoms with Crippen molar-refractivity contribution in [2.45, 2.75) is 55.4 Å². The van der Waals surface area contributed by atoms with Crippen molar-refractivity contribution >= 4 is 115 Å². The first-order chi connectivity index (χ1) is 26.0. The Morgan fingerprint density at radius 1 is 0.386 bits per heavy atom. The molecule has 6 amide bonds. The standard InChI is InChI=1S/C16H21NO2.C11H6Br5NO2.C11H6F5NO2/c1-8(2)15(18)17-16(19)14-12(6)10(4)9(3)11(5)13(14)7;2*1-3(2)10(18)17-11(19)4-5(12)7(14)9(16)8(15)6(4)13/h1H2,2-7H3,(H,17,18,19);2*1H2,2H3,(H,17,18,19). The van der Waals surface area contributed by atoms with Crippen LogP contribution in [0, 0.1) is 63.7 Å². The summed E-state index contributed by atoms with van der Waals surface area (Å²) in [5.74, 6) is -16.2. The minimum Gasteiger partial charge on any atom is -0.288 e. The van der Waals surface area contributed by atoms with Crippen LogP contribution in [0.25, 0.3) is 0 Å². The highest BCUT2D eigenvalue weighted by molar-refractivity contribution is 9.15. The zero-order chi connectivity index (χ0) is 44.7. The second-order valence-corrected chi connectivity index (χ2v) is 16.0. The van der Waals surface area contributed by atoms with Crippen LogP contribution in [0.3, 0.4) is 0 Å². The summed E-state index contributed by atoms with van der Waals surface area (Å²) in [4.78, 5) is 69.8. The van der Waals surface area contributed by atoms with Gasteiger partial charge in [0, 0.05) is 44.6 Å². The predicted molar refractivity (Wildman–Crippen MR) is 223 cm³/mol. The molecule has 0 saturated heterocycles. The lowest BCUT2D eigenvalue weighted by atomic mass is 9.89. The number of rotatable bonds is 6. The monoisotopic (exact) mass is 1120 g/mol. The summed E-state index contributed by atoms with van der Waals surface area (Å²) in [6.07, 6.45) is 0. The van der Waals surface area contributed by atoms with Crippen LogP contribution >= 0.6 is 79.6 Å². The molecule has 3 aromatic rings. The Bertz CT molecular complexity index is 1960. The molecule has 0 aromatic heterocycles. The van der Waals surface area contributed by atoms with Crippen molar-refractivity contribution in [1.82, 2.24) is 16.0 Å². The fraction of sp³-hybridized carbons (Fsp3) is 0.211. The van der Waals surface area contributed by atoms with Gasteiger partial charge < -0.3 is 0 Å². The summed E-state index contributed by atoms with van der Waals surface area (Å²) in [5, 5.41) is 6.07. The van der Waals surface area contributed by atoms with Gasteiger partial charge >= 0.3 is 0 Å². The lowest BCUT2D eigenvalue weighted by Gasteiger charge is -2.17. The molecule has 0 saturated carbocycles. The molecule has 0 bridgehead atoms. The van der Waals surface area contributed by atoms with Crippen molar-refractivity contribution in [3.8, 4) is 0 Å². The predicted octanol–water partition coefficient (Wildman–Crippen LogP) is 10.6.